The second-order valence-electron chi connectivity index (χ2n) is 8.95. The van der Waals surface area contributed by atoms with Gasteiger partial charge in [0.1, 0.15) is 5.82 Å². The van der Waals surface area contributed by atoms with Crippen molar-refractivity contribution in [3.63, 3.8) is 0 Å². The van der Waals surface area contributed by atoms with Crippen LogP contribution in [0.2, 0.25) is 0 Å². The highest BCUT2D eigenvalue weighted by Crippen LogP contribution is 2.54. The summed E-state index contributed by atoms with van der Waals surface area (Å²) in [4.78, 5) is 20.2. The number of nitrogens with two attached hydrogens (primary N) is 1. The number of pyridine rings is 1. The molecule has 2 aliphatic carbocycles. The normalized spacial score (nSPS) is 28.7. The maximum absolute atomic E-state index is 11.5. The third-order valence-corrected chi connectivity index (χ3v) is 8.39. The Balaban J connectivity index is 1.41. The standard InChI is InChI=1S/C21H28N4OS/c1-21(2,24-11-14-15(12-24)18(14)19(22)26)20-23-10-16-17(8-5-9-25(16)20)27-13-6-3-4-7-13/h5,8-10,13-15,18H,3-4,6-7,11-12H2,1-2H3,(H2,22,26). The number of fused-ring (bicyclic) bond motifs is 2. The van der Waals surface area contributed by atoms with Gasteiger partial charge in [0.05, 0.1) is 17.3 Å². The van der Waals surface area contributed by atoms with Gasteiger partial charge < -0.3 is 10.1 Å². The molecule has 27 heavy (non-hydrogen) atoms. The number of thioether (sulfide) groups is 1. The van der Waals surface area contributed by atoms with Crippen molar-refractivity contribution in [1.29, 1.82) is 0 Å². The third-order valence-electron chi connectivity index (χ3n) is 6.99. The van der Waals surface area contributed by atoms with Crippen LogP contribution in [0.4, 0.5) is 0 Å². The number of hydrogen-bond donors (Lipinski definition) is 1. The Morgan fingerprint density at radius 3 is 2.63 bits per heavy atom. The van der Waals surface area contributed by atoms with Crippen LogP contribution in [-0.2, 0) is 10.3 Å². The van der Waals surface area contributed by atoms with Gasteiger partial charge in [-0.25, -0.2) is 4.98 Å². The molecule has 2 unspecified atom stereocenters. The van der Waals surface area contributed by atoms with Crippen LogP contribution in [0.5, 0.6) is 0 Å². The van der Waals surface area contributed by atoms with E-state index in [1.54, 1.807) is 0 Å². The van der Waals surface area contributed by atoms with Crippen LogP contribution in [0.3, 0.4) is 0 Å². The van der Waals surface area contributed by atoms with Crippen molar-refractivity contribution in [2.45, 2.75) is 55.2 Å². The van der Waals surface area contributed by atoms with Crippen LogP contribution in [0.15, 0.2) is 29.4 Å². The highest BCUT2D eigenvalue weighted by atomic mass is 32.2. The van der Waals surface area contributed by atoms with E-state index in [4.69, 9.17) is 10.7 Å². The van der Waals surface area contributed by atoms with Crippen molar-refractivity contribution in [1.82, 2.24) is 14.3 Å². The quantitative estimate of drug-likeness (QED) is 0.859. The van der Waals surface area contributed by atoms with Gasteiger partial charge in [-0.05, 0) is 50.7 Å². The molecule has 0 spiro atoms. The molecule has 1 saturated heterocycles. The zero-order chi connectivity index (χ0) is 18.8. The highest BCUT2D eigenvalue weighted by Gasteiger charge is 2.60. The fraction of sp³-hybridized carbons (Fsp3) is 0.619. The molecular formula is C21H28N4OS. The van der Waals surface area contributed by atoms with E-state index in [9.17, 15) is 4.79 Å². The zero-order valence-corrected chi connectivity index (χ0v) is 16.9. The topological polar surface area (TPSA) is 63.6 Å². The Hall–Kier alpha value is -1.53. The minimum atomic E-state index is -0.168. The Morgan fingerprint density at radius 1 is 1.26 bits per heavy atom. The van der Waals surface area contributed by atoms with Gasteiger partial charge in [-0.3, -0.25) is 9.69 Å². The lowest BCUT2D eigenvalue weighted by Gasteiger charge is -2.36. The predicted molar refractivity (Wildman–Crippen MR) is 108 cm³/mol. The second kappa shape index (κ2) is 6.24. The second-order valence-corrected chi connectivity index (χ2v) is 10.3. The maximum Gasteiger partial charge on any atom is 0.221 e. The fourth-order valence-electron chi connectivity index (χ4n) is 5.28. The summed E-state index contributed by atoms with van der Waals surface area (Å²) < 4.78 is 2.27. The van der Waals surface area contributed by atoms with Gasteiger partial charge in [0.2, 0.25) is 5.91 Å². The molecule has 1 amide bonds. The molecule has 3 heterocycles. The lowest BCUT2D eigenvalue weighted by Crippen LogP contribution is -2.43. The average molecular weight is 385 g/mol. The molecule has 3 aliphatic rings. The van der Waals surface area contributed by atoms with Crippen LogP contribution >= 0.6 is 11.8 Å². The molecule has 1 aliphatic heterocycles. The first kappa shape index (κ1) is 17.6. The first-order valence-electron chi connectivity index (χ1n) is 10.1. The summed E-state index contributed by atoms with van der Waals surface area (Å²) in [5.41, 5.74) is 6.57. The number of primary amides is 1. The van der Waals surface area contributed by atoms with E-state index >= 15 is 0 Å². The maximum atomic E-state index is 11.5. The lowest BCUT2D eigenvalue weighted by atomic mass is 10.0. The van der Waals surface area contributed by atoms with E-state index in [2.05, 4.69) is 41.5 Å². The average Bonchev–Trinajstić information content (AvgIpc) is 3.11. The van der Waals surface area contributed by atoms with Crippen molar-refractivity contribution in [3.05, 3.63) is 30.4 Å². The number of piperidine rings is 1. The number of nitrogens with zero attached hydrogens (tertiary/aromatic N) is 3. The number of carbonyl (C=O) groups is 1. The number of rotatable bonds is 5. The molecule has 2 aromatic heterocycles. The van der Waals surface area contributed by atoms with Crippen molar-refractivity contribution >= 4 is 23.2 Å². The molecule has 0 aromatic carbocycles. The monoisotopic (exact) mass is 384 g/mol. The Morgan fingerprint density at radius 2 is 1.96 bits per heavy atom. The Bertz CT molecular complexity index is 873. The molecule has 0 bridgehead atoms. The molecule has 144 valence electrons. The van der Waals surface area contributed by atoms with Crippen LogP contribution < -0.4 is 5.73 Å². The van der Waals surface area contributed by atoms with Crippen molar-refractivity contribution in [2.24, 2.45) is 23.5 Å². The van der Waals surface area contributed by atoms with Crippen molar-refractivity contribution < 1.29 is 4.79 Å². The molecule has 2 atom stereocenters. The lowest BCUT2D eigenvalue weighted by molar-refractivity contribution is -0.120. The minimum Gasteiger partial charge on any atom is -0.369 e. The van der Waals surface area contributed by atoms with Crippen LogP contribution in [0.1, 0.15) is 45.4 Å². The summed E-state index contributed by atoms with van der Waals surface area (Å²) in [7, 11) is 0. The van der Waals surface area contributed by atoms with E-state index in [1.165, 1.54) is 36.1 Å². The molecule has 6 heteroatoms. The van der Waals surface area contributed by atoms with E-state index in [-0.39, 0.29) is 17.4 Å². The van der Waals surface area contributed by atoms with Crippen LogP contribution in [0, 0.1) is 17.8 Å². The number of aromatic nitrogens is 2. The summed E-state index contributed by atoms with van der Waals surface area (Å²) >= 11 is 2.02. The van der Waals surface area contributed by atoms with Gasteiger partial charge >= 0.3 is 0 Å². The van der Waals surface area contributed by atoms with E-state index in [1.807, 2.05) is 18.0 Å². The van der Waals surface area contributed by atoms with E-state index in [0.29, 0.717) is 11.8 Å². The van der Waals surface area contributed by atoms with Crippen LogP contribution in [-0.4, -0.2) is 38.5 Å². The van der Waals surface area contributed by atoms with Gasteiger partial charge in [0.25, 0.3) is 0 Å². The molecule has 2 saturated carbocycles. The third kappa shape index (κ3) is 2.80. The number of carbonyl (C=O) groups excluding carboxylic acids is 1. The Labute approximate surface area is 164 Å². The molecule has 2 aromatic rings. The smallest absolute Gasteiger partial charge is 0.221 e. The zero-order valence-electron chi connectivity index (χ0n) is 16.1. The van der Waals surface area contributed by atoms with Gasteiger partial charge in [0, 0.05) is 35.3 Å². The number of imidazole rings is 1. The highest BCUT2D eigenvalue weighted by molar-refractivity contribution is 8.00. The first-order valence-corrected chi connectivity index (χ1v) is 11.0. The molecular weight excluding hydrogens is 356 g/mol. The minimum absolute atomic E-state index is 0.100. The van der Waals surface area contributed by atoms with Crippen molar-refractivity contribution in [3.8, 4) is 0 Å². The summed E-state index contributed by atoms with van der Waals surface area (Å²) in [6, 6.07) is 4.38. The van der Waals surface area contributed by atoms with Crippen molar-refractivity contribution in [2.75, 3.05) is 13.1 Å². The predicted octanol–water partition coefficient (Wildman–Crippen LogP) is 3.27. The number of amides is 1. The number of likely N-dealkylation sites (tertiary alicyclic amines) is 1. The van der Waals surface area contributed by atoms with E-state index in [0.717, 1.165) is 24.2 Å². The molecule has 5 rings (SSSR count). The summed E-state index contributed by atoms with van der Waals surface area (Å²) in [6.07, 6.45) is 9.56. The van der Waals surface area contributed by atoms with Crippen LogP contribution in [0.25, 0.3) is 5.52 Å². The van der Waals surface area contributed by atoms with Gasteiger partial charge in [-0.15, -0.1) is 11.8 Å². The van der Waals surface area contributed by atoms with Gasteiger partial charge in [-0.2, -0.15) is 0 Å². The first-order chi connectivity index (χ1) is 13.0. The number of hydrogen-bond acceptors (Lipinski definition) is 4. The summed E-state index contributed by atoms with van der Waals surface area (Å²) in [6.45, 7) is 6.39. The molecule has 0 radical (unpaired) electrons. The largest absolute Gasteiger partial charge is 0.369 e. The SMILES string of the molecule is CC(C)(c1ncc2c(SC3CCCC3)cccn12)N1CC2C(C1)C2C(N)=O. The molecule has 3 fully saturated rings. The summed E-state index contributed by atoms with van der Waals surface area (Å²) in [5.74, 6) is 1.96. The summed E-state index contributed by atoms with van der Waals surface area (Å²) in [5, 5.41) is 0.749. The van der Waals surface area contributed by atoms with Gasteiger partial charge in [0.15, 0.2) is 0 Å². The molecule has 2 N–H and O–H groups in total. The van der Waals surface area contributed by atoms with Gasteiger partial charge in [-0.1, -0.05) is 12.8 Å². The Kier molecular flexibility index (Phi) is 4.06. The molecule has 5 nitrogen and oxygen atoms in total. The fourth-order valence-corrected chi connectivity index (χ4v) is 6.64. The van der Waals surface area contributed by atoms with E-state index < -0.39 is 0 Å².